The van der Waals surface area contributed by atoms with E-state index in [1.165, 1.54) is 0 Å². The fraction of sp³-hybridized carbons (Fsp3) is 0.417. The fourth-order valence-corrected chi connectivity index (χ4v) is 5.79. The Labute approximate surface area is 187 Å². The molecule has 6 nitrogen and oxygen atoms in total. The van der Waals surface area contributed by atoms with E-state index in [1.807, 2.05) is 52.8 Å². The van der Waals surface area contributed by atoms with Crippen LogP contribution in [0.2, 0.25) is 0 Å². The van der Waals surface area contributed by atoms with Gasteiger partial charge in [-0.2, -0.15) is 0 Å². The molecule has 0 N–H and O–H groups in total. The van der Waals surface area contributed by atoms with Crippen LogP contribution in [0.3, 0.4) is 0 Å². The van der Waals surface area contributed by atoms with Crippen molar-refractivity contribution in [1.29, 1.82) is 0 Å². The van der Waals surface area contributed by atoms with Gasteiger partial charge in [-0.1, -0.05) is 17.7 Å². The van der Waals surface area contributed by atoms with Crippen LogP contribution in [0.1, 0.15) is 39.1 Å². The number of aryl methyl sites for hydroxylation is 1. The van der Waals surface area contributed by atoms with Gasteiger partial charge in [0.1, 0.15) is 11.5 Å². The quantitative estimate of drug-likeness (QED) is 0.723. The Balaban J connectivity index is 1.49. The highest BCUT2D eigenvalue weighted by Gasteiger charge is 2.47. The number of likely N-dealkylation sites (tertiary alicyclic amines) is 1. The highest BCUT2D eigenvalue weighted by molar-refractivity contribution is 8.00. The van der Waals surface area contributed by atoms with Crippen LogP contribution < -0.4 is 9.47 Å². The number of methoxy groups -OCH3 is 2. The fourth-order valence-electron chi connectivity index (χ4n) is 4.33. The lowest BCUT2D eigenvalue weighted by molar-refractivity contribution is 0.0497. The molecule has 2 aliphatic rings. The first-order chi connectivity index (χ1) is 15.0. The summed E-state index contributed by atoms with van der Waals surface area (Å²) in [5, 5.41) is 0. The van der Waals surface area contributed by atoms with Gasteiger partial charge < -0.3 is 19.3 Å². The lowest BCUT2D eigenvalue weighted by atomic mass is 9.99. The molecular formula is C24H28N2O4S. The van der Waals surface area contributed by atoms with E-state index in [1.54, 1.807) is 32.4 Å². The van der Waals surface area contributed by atoms with Crippen molar-refractivity contribution in [1.82, 2.24) is 9.80 Å². The van der Waals surface area contributed by atoms with Crippen molar-refractivity contribution in [2.45, 2.75) is 24.6 Å². The number of amides is 2. The van der Waals surface area contributed by atoms with Crippen molar-refractivity contribution in [3.8, 4) is 11.5 Å². The Kier molecular flexibility index (Phi) is 6.14. The maximum absolute atomic E-state index is 13.4. The first-order valence-electron chi connectivity index (χ1n) is 10.5. The van der Waals surface area contributed by atoms with Gasteiger partial charge >= 0.3 is 0 Å². The summed E-state index contributed by atoms with van der Waals surface area (Å²) in [6.45, 7) is 4.00. The molecule has 1 spiro atoms. The lowest BCUT2D eigenvalue weighted by Gasteiger charge is -2.44. The van der Waals surface area contributed by atoms with Crippen LogP contribution in [0.15, 0.2) is 42.5 Å². The zero-order valence-electron chi connectivity index (χ0n) is 18.2. The van der Waals surface area contributed by atoms with Crippen LogP contribution in [-0.4, -0.2) is 66.1 Å². The smallest absolute Gasteiger partial charge is 0.255 e. The molecule has 2 aromatic rings. The molecule has 164 valence electrons. The van der Waals surface area contributed by atoms with Crippen LogP contribution in [-0.2, 0) is 0 Å². The van der Waals surface area contributed by atoms with E-state index in [4.69, 9.17) is 9.47 Å². The maximum Gasteiger partial charge on any atom is 0.255 e. The summed E-state index contributed by atoms with van der Waals surface area (Å²) in [6, 6.07) is 13.0. The van der Waals surface area contributed by atoms with Gasteiger partial charge in [-0.05, 0) is 44.0 Å². The van der Waals surface area contributed by atoms with Crippen molar-refractivity contribution in [2.75, 3.05) is 39.6 Å². The maximum atomic E-state index is 13.4. The average Bonchev–Trinajstić information content (AvgIpc) is 3.21. The minimum atomic E-state index is -0.266. The third-order valence-electron chi connectivity index (χ3n) is 6.15. The molecule has 4 rings (SSSR count). The van der Waals surface area contributed by atoms with E-state index in [0.29, 0.717) is 36.7 Å². The number of piperidine rings is 1. The van der Waals surface area contributed by atoms with E-state index in [-0.39, 0.29) is 16.7 Å². The summed E-state index contributed by atoms with van der Waals surface area (Å²) in [5.74, 6) is 2.15. The van der Waals surface area contributed by atoms with Gasteiger partial charge in [0.25, 0.3) is 11.8 Å². The van der Waals surface area contributed by atoms with Crippen molar-refractivity contribution in [3.05, 3.63) is 59.2 Å². The lowest BCUT2D eigenvalue weighted by Crippen LogP contribution is -2.53. The Bertz CT molecular complexity index is 946. The molecule has 0 radical (unpaired) electrons. The Morgan fingerprint density at radius 3 is 2.06 bits per heavy atom. The molecule has 0 aromatic heterocycles. The number of benzene rings is 2. The van der Waals surface area contributed by atoms with Gasteiger partial charge in [-0.15, -0.1) is 11.8 Å². The van der Waals surface area contributed by atoms with Crippen molar-refractivity contribution < 1.29 is 19.1 Å². The third-order valence-corrected chi connectivity index (χ3v) is 7.70. The Hall–Kier alpha value is -2.67. The van der Waals surface area contributed by atoms with Crippen LogP contribution in [0.25, 0.3) is 0 Å². The van der Waals surface area contributed by atoms with E-state index in [2.05, 4.69) is 0 Å². The molecule has 2 aliphatic heterocycles. The predicted octanol–water partition coefficient (Wildman–Crippen LogP) is 3.83. The van der Waals surface area contributed by atoms with E-state index >= 15 is 0 Å². The zero-order valence-corrected chi connectivity index (χ0v) is 19.0. The molecule has 0 aliphatic carbocycles. The molecule has 2 aromatic carbocycles. The van der Waals surface area contributed by atoms with Crippen molar-refractivity contribution in [2.24, 2.45) is 0 Å². The monoisotopic (exact) mass is 440 g/mol. The average molecular weight is 441 g/mol. The summed E-state index contributed by atoms with van der Waals surface area (Å²) < 4.78 is 10.7. The van der Waals surface area contributed by atoms with Gasteiger partial charge in [-0.25, -0.2) is 0 Å². The third kappa shape index (κ3) is 4.24. The number of carbonyl (C=O) groups is 2. The number of nitrogens with zero attached hydrogens (tertiary/aromatic N) is 2. The molecule has 7 heteroatoms. The minimum Gasteiger partial charge on any atom is -0.497 e. The van der Waals surface area contributed by atoms with Crippen molar-refractivity contribution >= 4 is 23.6 Å². The van der Waals surface area contributed by atoms with Gasteiger partial charge in [0.05, 0.1) is 19.1 Å². The standard InChI is InChI=1S/C24H28N2O4S/c1-17-4-6-18(7-5-17)22(27)25-10-8-24(9-11-25)26(12-13-31-24)23(28)19-14-20(29-2)16-21(15-19)30-3/h4-7,14-16H,8-13H2,1-3H3. The molecular weight excluding hydrogens is 412 g/mol. The number of hydrogen-bond donors (Lipinski definition) is 0. The van der Waals surface area contributed by atoms with E-state index in [9.17, 15) is 9.59 Å². The molecule has 2 fully saturated rings. The topological polar surface area (TPSA) is 59.1 Å². The van der Waals surface area contributed by atoms with E-state index < -0.39 is 0 Å². The number of thioether (sulfide) groups is 1. The normalized spacial score (nSPS) is 17.6. The predicted molar refractivity (Wildman–Crippen MR) is 122 cm³/mol. The zero-order chi connectivity index (χ0) is 22.0. The Morgan fingerprint density at radius 1 is 0.871 bits per heavy atom. The van der Waals surface area contributed by atoms with Crippen molar-refractivity contribution in [3.63, 3.8) is 0 Å². The molecule has 2 heterocycles. The number of hydrogen-bond acceptors (Lipinski definition) is 5. The molecule has 0 bridgehead atoms. The SMILES string of the molecule is COc1cc(OC)cc(C(=O)N2CCSC23CCN(C(=O)c2ccc(C)cc2)CC3)c1. The van der Waals surface area contributed by atoms with Gasteiger partial charge in [0.2, 0.25) is 0 Å². The number of rotatable bonds is 4. The van der Waals surface area contributed by atoms with Crippen LogP contribution in [0, 0.1) is 6.92 Å². The molecule has 0 unspecified atom stereocenters. The largest absolute Gasteiger partial charge is 0.497 e. The molecule has 2 amide bonds. The summed E-state index contributed by atoms with van der Waals surface area (Å²) in [5.41, 5.74) is 2.42. The minimum absolute atomic E-state index is 0.0134. The first kappa shape index (κ1) is 21.6. The second-order valence-corrected chi connectivity index (χ2v) is 9.47. The summed E-state index contributed by atoms with van der Waals surface area (Å²) in [6.07, 6.45) is 1.53. The summed E-state index contributed by atoms with van der Waals surface area (Å²) in [4.78, 5) is 30.0. The van der Waals surface area contributed by atoms with Gasteiger partial charge in [0, 0.05) is 42.6 Å². The molecule has 2 saturated heterocycles. The van der Waals surface area contributed by atoms with Crippen LogP contribution in [0.4, 0.5) is 0 Å². The van der Waals surface area contributed by atoms with Gasteiger partial charge in [0.15, 0.2) is 0 Å². The van der Waals surface area contributed by atoms with Crippen LogP contribution in [0.5, 0.6) is 11.5 Å². The molecule has 0 atom stereocenters. The number of ether oxygens (including phenoxy) is 2. The van der Waals surface area contributed by atoms with Gasteiger partial charge in [-0.3, -0.25) is 9.59 Å². The van der Waals surface area contributed by atoms with E-state index in [0.717, 1.165) is 29.7 Å². The number of carbonyl (C=O) groups excluding carboxylic acids is 2. The second-order valence-electron chi connectivity index (χ2n) is 8.01. The summed E-state index contributed by atoms with van der Waals surface area (Å²) >= 11 is 1.83. The van der Waals surface area contributed by atoms with Crippen LogP contribution >= 0.6 is 11.8 Å². The Morgan fingerprint density at radius 2 is 1.48 bits per heavy atom. The molecule has 0 saturated carbocycles. The first-order valence-corrected chi connectivity index (χ1v) is 11.5. The molecule has 31 heavy (non-hydrogen) atoms. The summed E-state index contributed by atoms with van der Waals surface area (Å²) in [7, 11) is 3.16. The highest BCUT2D eigenvalue weighted by atomic mass is 32.2. The second kappa shape index (κ2) is 8.83. The highest BCUT2D eigenvalue weighted by Crippen LogP contribution is 2.45.